The highest BCUT2D eigenvalue weighted by Crippen LogP contribution is 2.15. The smallest absolute Gasteiger partial charge is 0.124 e. The van der Waals surface area contributed by atoms with E-state index in [1.165, 1.54) is 12.1 Å². The first-order valence-electron chi connectivity index (χ1n) is 5.72. The summed E-state index contributed by atoms with van der Waals surface area (Å²) in [4.78, 5) is 4.14. The summed E-state index contributed by atoms with van der Waals surface area (Å²) >= 11 is 0. The molecule has 0 atom stereocenters. The number of nitriles is 1. The minimum atomic E-state index is -0.410. The molecule has 1 aromatic carbocycles. The molecule has 0 aromatic heterocycles. The van der Waals surface area contributed by atoms with Crippen molar-refractivity contribution in [3.63, 3.8) is 0 Å². The van der Waals surface area contributed by atoms with E-state index in [0.29, 0.717) is 24.2 Å². The first-order chi connectivity index (χ1) is 8.58. The minimum absolute atomic E-state index is 0.332. The zero-order chi connectivity index (χ0) is 13.5. The van der Waals surface area contributed by atoms with Gasteiger partial charge in [-0.2, -0.15) is 5.26 Å². The van der Waals surface area contributed by atoms with Crippen LogP contribution in [-0.2, 0) is 6.42 Å². The van der Waals surface area contributed by atoms with Gasteiger partial charge in [0.25, 0.3) is 0 Å². The highest BCUT2D eigenvalue weighted by atomic mass is 19.1. The first-order valence-corrected chi connectivity index (χ1v) is 5.72. The summed E-state index contributed by atoms with van der Waals surface area (Å²) in [5.74, 6) is -0.410. The number of benzene rings is 1. The number of hydrogen-bond donors (Lipinski definition) is 1. The zero-order valence-electron chi connectivity index (χ0n) is 10.6. The van der Waals surface area contributed by atoms with Gasteiger partial charge in [-0.05, 0) is 37.1 Å². The molecule has 0 spiro atoms. The summed E-state index contributed by atoms with van der Waals surface area (Å²) in [6.45, 7) is 4.39. The van der Waals surface area contributed by atoms with Crippen LogP contribution in [0.25, 0.3) is 0 Å². The summed E-state index contributed by atoms with van der Waals surface area (Å²) in [7, 11) is 0. The van der Waals surface area contributed by atoms with E-state index in [-0.39, 0.29) is 0 Å². The van der Waals surface area contributed by atoms with Crippen molar-refractivity contribution in [2.24, 2.45) is 10.7 Å². The second-order valence-electron chi connectivity index (χ2n) is 3.93. The first kappa shape index (κ1) is 13.9. The zero-order valence-corrected chi connectivity index (χ0v) is 10.6. The lowest BCUT2D eigenvalue weighted by Crippen LogP contribution is -2.04. The highest BCUT2D eigenvalue weighted by molar-refractivity contribution is 5.80. The maximum Gasteiger partial charge on any atom is 0.124 e. The van der Waals surface area contributed by atoms with Gasteiger partial charge in [-0.15, -0.1) is 0 Å². The van der Waals surface area contributed by atoms with Crippen molar-refractivity contribution in [2.45, 2.75) is 20.3 Å². The average molecular weight is 245 g/mol. The molecule has 1 aromatic rings. The van der Waals surface area contributed by atoms with Gasteiger partial charge in [-0.3, -0.25) is 4.99 Å². The van der Waals surface area contributed by atoms with E-state index in [1.54, 1.807) is 19.2 Å². The van der Waals surface area contributed by atoms with Crippen LogP contribution in [-0.4, -0.2) is 12.8 Å². The van der Waals surface area contributed by atoms with Gasteiger partial charge in [0.1, 0.15) is 5.82 Å². The third-order valence-electron chi connectivity index (χ3n) is 2.51. The van der Waals surface area contributed by atoms with E-state index in [1.807, 2.05) is 13.0 Å². The molecule has 94 valence electrons. The van der Waals surface area contributed by atoms with E-state index in [0.717, 1.165) is 11.1 Å². The van der Waals surface area contributed by atoms with Crippen LogP contribution in [0.1, 0.15) is 25.0 Å². The molecule has 0 amide bonds. The minimum Gasteiger partial charge on any atom is -0.402 e. The molecule has 0 aliphatic heterocycles. The number of rotatable bonds is 4. The summed E-state index contributed by atoms with van der Waals surface area (Å²) in [6, 6.07) is 6.17. The highest BCUT2D eigenvalue weighted by Gasteiger charge is 2.07. The molecule has 4 heteroatoms. The molecule has 2 N–H and O–H groups in total. The number of nitrogens with two attached hydrogens (primary N) is 1. The molecule has 0 aliphatic carbocycles. The number of nitrogens with zero attached hydrogens (tertiary/aromatic N) is 2. The Kier molecular flexibility index (Phi) is 5.06. The van der Waals surface area contributed by atoms with Gasteiger partial charge in [-0.1, -0.05) is 6.07 Å². The van der Waals surface area contributed by atoms with Gasteiger partial charge in [0, 0.05) is 24.9 Å². The lowest BCUT2D eigenvalue weighted by Gasteiger charge is -2.07. The van der Waals surface area contributed by atoms with Crippen molar-refractivity contribution in [3.05, 3.63) is 46.4 Å². The summed E-state index contributed by atoms with van der Waals surface area (Å²) in [6.07, 6.45) is 2.19. The maximum absolute atomic E-state index is 13.0. The third-order valence-corrected chi connectivity index (χ3v) is 2.51. The summed E-state index contributed by atoms with van der Waals surface area (Å²) in [5, 5.41) is 8.97. The number of hydrogen-bond acceptors (Lipinski definition) is 3. The molecule has 0 fully saturated rings. The molecule has 0 aliphatic rings. The van der Waals surface area contributed by atoms with Crippen LogP contribution in [0.2, 0.25) is 0 Å². The van der Waals surface area contributed by atoms with Gasteiger partial charge < -0.3 is 5.73 Å². The van der Waals surface area contributed by atoms with Crippen LogP contribution in [0.4, 0.5) is 4.39 Å². The van der Waals surface area contributed by atoms with Crippen LogP contribution in [0.3, 0.4) is 0 Å². The topological polar surface area (TPSA) is 62.2 Å². The standard InChI is InChI=1S/C14H16FN3/c1-3-18-9-13(10(2)17)6-11-4-5-14(15)7-12(11)8-16/h4-5,7,9H,3,6,17H2,1-2H3/b13-10-,18-9?. The molecule has 0 saturated carbocycles. The van der Waals surface area contributed by atoms with Crippen LogP contribution in [0.15, 0.2) is 34.5 Å². The predicted octanol–water partition coefficient (Wildman–Crippen LogP) is 2.56. The van der Waals surface area contributed by atoms with E-state index in [4.69, 9.17) is 11.0 Å². The second-order valence-corrected chi connectivity index (χ2v) is 3.93. The van der Waals surface area contributed by atoms with Gasteiger partial charge >= 0.3 is 0 Å². The Balaban J connectivity index is 3.06. The Morgan fingerprint density at radius 1 is 1.56 bits per heavy atom. The monoisotopic (exact) mass is 245 g/mol. The van der Waals surface area contributed by atoms with E-state index >= 15 is 0 Å². The van der Waals surface area contributed by atoms with Crippen molar-refractivity contribution in [1.29, 1.82) is 5.26 Å². The fraction of sp³-hybridized carbons (Fsp3) is 0.286. The molecule has 0 heterocycles. The Morgan fingerprint density at radius 3 is 2.83 bits per heavy atom. The second kappa shape index (κ2) is 6.55. The number of allylic oxidation sites excluding steroid dienone is 2. The van der Waals surface area contributed by atoms with Gasteiger partial charge in [0.15, 0.2) is 0 Å². The Hall–Kier alpha value is -2.15. The van der Waals surface area contributed by atoms with Crippen LogP contribution in [0, 0.1) is 17.1 Å². The third kappa shape index (κ3) is 3.70. The molecule has 0 bridgehead atoms. The van der Waals surface area contributed by atoms with Crippen molar-refractivity contribution in [2.75, 3.05) is 6.54 Å². The normalized spacial score (nSPS) is 12.3. The molecule has 3 nitrogen and oxygen atoms in total. The molecule has 0 unspecified atom stereocenters. The van der Waals surface area contributed by atoms with Crippen LogP contribution in [0.5, 0.6) is 0 Å². The van der Waals surface area contributed by atoms with Crippen molar-refractivity contribution < 1.29 is 4.39 Å². The van der Waals surface area contributed by atoms with Crippen LogP contribution < -0.4 is 5.73 Å². The number of aliphatic imine (C=N–C) groups is 1. The van der Waals surface area contributed by atoms with E-state index in [2.05, 4.69) is 4.99 Å². The van der Waals surface area contributed by atoms with Crippen LogP contribution >= 0.6 is 0 Å². The fourth-order valence-corrected chi connectivity index (χ4v) is 1.50. The average Bonchev–Trinajstić information content (AvgIpc) is 2.35. The molecule has 0 saturated heterocycles. The predicted molar refractivity (Wildman–Crippen MR) is 70.7 cm³/mol. The molecule has 1 rings (SSSR count). The van der Waals surface area contributed by atoms with Crippen molar-refractivity contribution >= 4 is 6.21 Å². The van der Waals surface area contributed by atoms with Gasteiger partial charge in [-0.25, -0.2) is 4.39 Å². The Morgan fingerprint density at radius 2 is 2.28 bits per heavy atom. The molecule has 0 radical (unpaired) electrons. The Labute approximate surface area is 106 Å². The Bertz CT molecular complexity index is 520. The number of halogens is 1. The summed E-state index contributed by atoms with van der Waals surface area (Å²) < 4.78 is 13.0. The maximum atomic E-state index is 13.0. The lowest BCUT2D eigenvalue weighted by molar-refractivity contribution is 0.626. The van der Waals surface area contributed by atoms with E-state index in [9.17, 15) is 4.39 Å². The molecule has 18 heavy (non-hydrogen) atoms. The lowest BCUT2D eigenvalue weighted by atomic mass is 10.00. The fourth-order valence-electron chi connectivity index (χ4n) is 1.50. The van der Waals surface area contributed by atoms with Crippen molar-refractivity contribution in [1.82, 2.24) is 0 Å². The van der Waals surface area contributed by atoms with Crippen molar-refractivity contribution in [3.8, 4) is 6.07 Å². The van der Waals surface area contributed by atoms with E-state index < -0.39 is 5.82 Å². The largest absolute Gasteiger partial charge is 0.402 e. The quantitative estimate of drug-likeness (QED) is 0.829. The SMILES string of the molecule is CCN=C/C(Cc1ccc(F)cc1C#N)=C(/C)N. The summed E-state index contributed by atoms with van der Waals surface area (Å²) in [5.41, 5.74) is 8.36. The van der Waals surface area contributed by atoms with Gasteiger partial charge in [0.2, 0.25) is 0 Å². The van der Waals surface area contributed by atoms with Gasteiger partial charge in [0.05, 0.1) is 11.6 Å². The molecular formula is C14H16FN3. The molecular weight excluding hydrogens is 229 g/mol.